The van der Waals surface area contributed by atoms with Crippen LogP contribution in [0.4, 0.5) is 0 Å². The average Bonchev–Trinajstić information content (AvgIpc) is 2.25. The largest absolute Gasteiger partial charge is 0.486 e. The van der Waals surface area contributed by atoms with Crippen molar-refractivity contribution in [3.8, 4) is 11.5 Å². The third-order valence-electron chi connectivity index (χ3n) is 2.04. The lowest BCUT2D eigenvalue weighted by Gasteiger charge is -2.25. The third-order valence-corrected chi connectivity index (χ3v) is 2.60. The summed E-state index contributed by atoms with van der Waals surface area (Å²) in [6.07, 6.45) is 0.606. The van der Waals surface area contributed by atoms with Crippen LogP contribution in [-0.4, -0.2) is 34.0 Å². The molecule has 0 aliphatic carbocycles. The minimum absolute atomic E-state index is 0.0346. The maximum absolute atomic E-state index is 10.8. The first-order chi connectivity index (χ1) is 7.54. The molecule has 1 aliphatic rings. The number of rotatable bonds is 3. The molecule has 16 heavy (non-hydrogen) atoms. The van der Waals surface area contributed by atoms with Crippen LogP contribution in [-0.2, 0) is 14.3 Å². The van der Waals surface area contributed by atoms with Crippen molar-refractivity contribution >= 4 is 10.1 Å². The molecule has 0 saturated heterocycles. The summed E-state index contributed by atoms with van der Waals surface area (Å²) in [6.45, 7) is 0.250. The molecule has 1 atom stereocenters. The fourth-order valence-electron chi connectivity index (χ4n) is 1.34. The fourth-order valence-corrected chi connectivity index (χ4v) is 1.74. The number of ether oxygens (including phenoxy) is 2. The number of hydrogen-bond acceptors (Lipinski definition) is 5. The Morgan fingerprint density at radius 1 is 1.38 bits per heavy atom. The van der Waals surface area contributed by atoms with E-state index in [1.807, 2.05) is 12.1 Å². The van der Waals surface area contributed by atoms with Crippen molar-refractivity contribution in [1.29, 1.82) is 0 Å². The molecule has 0 spiro atoms. The third kappa shape index (κ3) is 2.86. The Morgan fingerprint density at radius 2 is 2.06 bits per heavy atom. The van der Waals surface area contributed by atoms with Crippen molar-refractivity contribution in [2.24, 2.45) is 0 Å². The normalized spacial score (nSPS) is 19.4. The summed E-state index contributed by atoms with van der Waals surface area (Å²) >= 11 is 0. The minimum atomic E-state index is -3.44. The zero-order valence-electron chi connectivity index (χ0n) is 8.75. The molecule has 0 saturated carbocycles. The minimum Gasteiger partial charge on any atom is -0.486 e. The number of benzene rings is 1. The van der Waals surface area contributed by atoms with Crippen molar-refractivity contribution in [3.05, 3.63) is 24.3 Å². The van der Waals surface area contributed by atoms with Gasteiger partial charge in [-0.25, -0.2) is 0 Å². The summed E-state index contributed by atoms with van der Waals surface area (Å²) in [5.41, 5.74) is 0. The Bertz CT molecular complexity index is 468. The summed E-state index contributed by atoms with van der Waals surface area (Å²) in [4.78, 5) is 0. The molecule has 0 amide bonds. The van der Waals surface area contributed by atoms with E-state index in [1.165, 1.54) is 0 Å². The first-order valence-corrected chi connectivity index (χ1v) is 6.59. The van der Waals surface area contributed by atoms with E-state index in [9.17, 15) is 8.42 Å². The van der Waals surface area contributed by atoms with E-state index in [0.717, 1.165) is 6.26 Å². The molecule has 1 aromatic carbocycles. The lowest BCUT2D eigenvalue weighted by atomic mass is 10.3. The predicted molar refractivity (Wildman–Crippen MR) is 57.1 cm³/mol. The Kier molecular flexibility index (Phi) is 3.02. The molecular formula is C10H12O5S. The molecule has 1 aliphatic heterocycles. The number of hydrogen-bond donors (Lipinski definition) is 0. The second-order valence-electron chi connectivity index (χ2n) is 3.49. The molecule has 1 heterocycles. The van der Waals surface area contributed by atoms with Gasteiger partial charge in [-0.2, -0.15) is 8.42 Å². The monoisotopic (exact) mass is 244 g/mol. The molecule has 0 N–H and O–H groups in total. The molecule has 2 rings (SSSR count). The standard InChI is InChI=1S/C10H12O5S/c1-16(11,12)14-7-8-6-13-9-4-2-3-5-10(9)15-8/h2-5,8H,6-7H2,1H3/t8-/m0/s1. The SMILES string of the molecule is CS(=O)(=O)OC[C@@H]1COc2ccccc2O1. The summed E-state index contributed by atoms with van der Waals surface area (Å²) in [5.74, 6) is 1.27. The summed E-state index contributed by atoms with van der Waals surface area (Å²) in [6, 6.07) is 7.22. The molecule has 0 unspecified atom stereocenters. The molecule has 0 radical (unpaired) electrons. The molecule has 6 heteroatoms. The van der Waals surface area contributed by atoms with Gasteiger partial charge < -0.3 is 9.47 Å². The Hall–Kier alpha value is -1.27. The first-order valence-electron chi connectivity index (χ1n) is 4.77. The van der Waals surface area contributed by atoms with Crippen LogP contribution in [0.1, 0.15) is 0 Å². The van der Waals surface area contributed by atoms with E-state index >= 15 is 0 Å². The van der Waals surface area contributed by atoms with Gasteiger partial charge in [0.25, 0.3) is 10.1 Å². The van der Waals surface area contributed by atoms with Gasteiger partial charge >= 0.3 is 0 Å². The zero-order valence-corrected chi connectivity index (χ0v) is 9.57. The molecule has 1 aromatic rings. The lowest BCUT2D eigenvalue weighted by molar-refractivity contribution is 0.0558. The van der Waals surface area contributed by atoms with Crippen LogP contribution in [0.15, 0.2) is 24.3 Å². The summed E-state index contributed by atoms with van der Waals surface area (Å²) < 4.78 is 37.2. The van der Waals surface area contributed by atoms with Crippen molar-refractivity contribution in [3.63, 3.8) is 0 Å². The van der Waals surface area contributed by atoms with Gasteiger partial charge in [0, 0.05) is 0 Å². The van der Waals surface area contributed by atoms with Gasteiger partial charge in [0.15, 0.2) is 17.6 Å². The number of fused-ring (bicyclic) bond motifs is 1. The van der Waals surface area contributed by atoms with E-state index in [4.69, 9.17) is 9.47 Å². The predicted octanol–water partition coefficient (Wildman–Crippen LogP) is 0.803. The second-order valence-corrected chi connectivity index (χ2v) is 5.13. The van der Waals surface area contributed by atoms with Gasteiger partial charge in [-0.15, -0.1) is 0 Å². The van der Waals surface area contributed by atoms with Gasteiger partial charge in [-0.05, 0) is 12.1 Å². The highest BCUT2D eigenvalue weighted by Gasteiger charge is 2.22. The molecule has 88 valence electrons. The van der Waals surface area contributed by atoms with Crippen molar-refractivity contribution < 1.29 is 22.1 Å². The molecule has 0 bridgehead atoms. The smallest absolute Gasteiger partial charge is 0.264 e. The van der Waals surface area contributed by atoms with Crippen LogP contribution in [0.5, 0.6) is 11.5 Å². The summed E-state index contributed by atoms with van der Waals surface area (Å²) in [7, 11) is -3.44. The highest BCUT2D eigenvalue weighted by atomic mass is 32.2. The maximum atomic E-state index is 10.8. The van der Waals surface area contributed by atoms with E-state index < -0.39 is 16.2 Å². The van der Waals surface area contributed by atoms with Crippen LogP contribution in [0.3, 0.4) is 0 Å². The average molecular weight is 244 g/mol. The van der Waals surface area contributed by atoms with Crippen molar-refractivity contribution in [2.45, 2.75) is 6.10 Å². The van der Waals surface area contributed by atoms with E-state index in [2.05, 4.69) is 4.18 Å². The van der Waals surface area contributed by atoms with Gasteiger partial charge in [-0.1, -0.05) is 12.1 Å². The second kappa shape index (κ2) is 4.31. The zero-order chi connectivity index (χ0) is 11.6. The van der Waals surface area contributed by atoms with Gasteiger partial charge in [-0.3, -0.25) is 4.18 Å². The highest BCUT2D eigenvalue weighted by Crippen LogP contribution is 2.30. The Balaban J connectivity index is 1.98. The van der Waals surface area contributed by atoms with Crippen LogP contribution in [0, 0.1) is 0 Å². The molecule has 0 aromatic heterocycles. The van der Waals surface area contributed by atoms with Crippen LogP contribution < -0.4 is 9.47 Å². The topological polar surface area (TPSA) is 61.8 Å². The van der Waals surface area contributed by atoms with Crippen molar-refractivity contribution in [2.75, 3.05) is 19.5 Å². The van der Waals surface area contributed by atoms with E-state index in [1.54, 1.807) is 12.1 Å². The first kappa shape index (κ1) is 11.2. The fraction of sp³-hybridized carbons (Fsp3) is 0.400. The van der Waals surface area contributed by atoms with E-state index in [-0.39, 0.29) is 13.2 Å². The quantitative estimate of drug-likeness (QED) is 0.736. The molecule has 0 fully saturated rings. The lowest BCUT2D eigenvalue weighted by Crippen LogP contribution is -2.34. The number of para-hydroxylation sites is 2. The Morgan fingerprint density at radius 3 is 2.75 bits per heavy atom. The maximum Gasteiger partial charge on any atom is 0.264 e. The van der Waals surface area contributed by atoms with Gasteiger partial charge in [0.2, 0.25) is 0 Å². The van der Waals surface area contributed by atoms with Crippen LogP contribution in [0.2, 0.25) is 0 Å². The Labute approximate surface area is 94.1 Å². The van der Waals surface area contributed by atoms with Crippen LogP contribution in [0.25, 0.3) is 0 Å². The molecule has 5 nitrogen and oxygen atoms in total. The van der Waals surface area contributed by atoms with Crippen LogP contribution >= 0.6 is 0 Å². The highest BCUT2D eigenvalue weighted by molar-refractivity contribution is 7.85. The van der Waals surface area contributed by atoms with Gasteiger partial charge in [0.1, 0.15) is 13.2 Å². The summed E-state index contributed by atoms with van der Waals surface area (Å²) in [5, 5.41) is 0. The van der Waals surface area contributed by atoms with Gasteiger partial charge in [0.05, 0.1) is 6.26 Å². The van der Waals surface area contributed by atoms with E-state index in [0.29, 0.717) is 11.5 Å². The van der Waals surface area contributed by atoms with Crippen molar-refractivity contribution in [1.82, 2.24) is 0 Å². The molecular weight excluding hydrogens is 232 g/mol.